The normalized spacial score (nSPS) is 23.3. The van der Waals surface area contributed by atoms with Crippen LogP contribution in [0.1, 0.15) is 27.7 Å². The summed E-state index contributed by atoms with van der Waals surface area (Å²) in [6, 6.07) is 0. The summed E-state index contributed by atoms with van der Waals surface area (Å²) < 4.78 is 12.7. The van der Waals surface area contributed by atoms with Crippen molar-refractivity contribution in [1.29, 1.82) is 0 Å². The lowest BCUT2D eigenvalue weighted by Crippen LogP contribution is -2.41. The summed E-state index contributed by atoms with van der Waals surface area (Å²) in [5.41, 5.74) is 5.04. The highest BCUT2D eigenvalue weighted by atomic mass is 32.1. The molecule has 3 N–H and O–H groups in total. The molecule has 0 amide bonds. The van der Waals surface area contributed by atoms with E-state index in [1.54, 1.807) is 0 Å². The molecule has 0 unspecified atom stereocenters. The van der Waals surface area contributed by atoms with E-state index < -0.39 is 0 Å². The molecule has 1 fully saturated rings. The van der Waals surface area contributed by atoms with Gasteiger partial charge >= 0.3 is 12.2 Å². The molecule has 1 aliphatic rings. The number of nitrogens with two attached hydrogens (primary N) is 1. The largest absolute Gasteiger partial charge is 0.509 e. The number of H-pyrrole nitrogens is 1. The van der Waals surface area contributed by atoms with Crippen molar-refractivity contribution < 1.29 is 14.3 Å². The van der Waals surface area contributed by atoms with Crippen LogP contribution in [0.25, 0.3) is 0 Å². The van der Waals surface area contributed by atoms with Crippen LogP contribution >= 0.6 is 11.3 Å². The number of rotatable bonds is 1. The summed E-state index contributed by atoms with van der Waals surface area (Å²) in [4.78, 5) is 2.94. The van der Waals surface area contributed by atoms with Gasteiger partial charge in [0, 0.05) is 0 Å². The number of hydrogen-bond donors (Lipinski definition) is 1. The number of nitrogen functional groups attached to an aromatic ring is 1. The Hall–Kier alpha value is -0.585. The van der Waals surface area contributed by atoms with Gasteiger partial charge in [-0.05, 0) is 27.7 Å². The van der Waals surface area contributed by atoms with E-state index in [0.717, 1.165) is 4.78 Å². The Labute approximate surface area is 93.9 Å². The minimum Gasteiger partial charge on any atom is -0.399 e. The molecular formula is C9H16BN2O2S+. The Morgan fingerprint density at radius 2 is 1.80 bits per heavy atom. The first-order valence-electron chi connectivity index (χ1n) is 4.94. The maximum absolute atomic E-state index is 5.88. The van der Waals surface area contributed by atoms with Gasteiger partial charge in [-0.15, -0.1) is 0 Å². The van der Waals surface area contributed by atoms with Crippen LogP contribution in [0.15, 0.2) is 6.20 Å². The molecule has 0 aliphatic carbocycles. The minimum absolute atomic E-state index is 0.295. The van der Waals surface area contributed by atoms with Crippen LogP contribution in [0.5, 0.6) is 0 Å². The second kappa shape index (κ2) is 3.20. The SMILES string of the molecule is CC1(C)OB(c2c[nH+]c(N)s2)OC1(C)C. The molecule has 0 aromatic carbocycles. The van der Waals surface area contributed by atoms with E-state index in [1.807, 2.05) is 33.9 Å². The van der Waals surface area contributed by atoms with Crippen molar-refractivity contribution in [3.63, 3.8) is 0 Å². The first-order chi connectivity index (χ1) is 6.82. The van der Waals surface area contributed by atoms with Crippen LogP contribution in [0.3, 0.4) is 0 Å². The monoisotopic (exact) mass is 227 g/mol. The van der Waals surface area contributed by atoms with Gasteiger partial charge in [-0.25, -0.2) is 4.98 Å². The van der Waals surface area contributed by atoms with E-state index in [4.69, 9.17) is 15.0 Å². The van der Waals surface area contributed by atoms with E-state index in [0.29, 0.717) is 5.13 Å². The standard InChI is InChI=1S/C9H15BN2O2S/c1-8(2)9(3,4)14-10(13-8)6-5-12-7(11)15-6/h5H,1-4H3,(H2,11,12)/p+1. The van der Waals surface area contributed by atoms with Gasteiger partial charge in [-0.1, -0.05) is 11.3 Å². The summed E-state index contributed by atoms with van der Waals surface area (Å²) in [5.74, 6) is 0. The number of hydrogen-bond acceptors (Lipinski definition) is 4. The molecule has 1 aliphatic heterocycles. The van der Waals surface area contributed by atoms with Gasteiger partial charge in [0.15, 0.2) is 0 Å². The van der Waals surface area contributed by atoms with Crippen LogP contribution in [0, 0.1) is 0 Å². The van der Waals surface area contributed by atoms with Crippen molar-refractivity contribution in [2.45, 2.75) is 38.9 Å². The molecule has 0 spiro atoms. The van der Waals surface area contributed by atoms with Crippen LogP contribution in [0.4, 0.5) is 5.13 Å². The van der Waals surface area contributed by atoms with Crippen molar-refractivity contribution >= 4 is 28.4 Å². The molecule has 1 saturated heterocycles. The van der Waals surface area contributed by atoms with E-state index in [2.05, 4.69) is 4.98 Å². The van der Waals surface area contributed by atoms with Gasteiger partial charge < -0.3 is 9.31 Å². The first-order valence-corrected chi connectivity index (χ1v) is 5.76. The molecule has 0 atom stereocenters. The van der Waals surface area contributed by atoms with Gasteiger partial charge in [0.1, 0.15) is 0 Å². The summed E-state index contributed by atoms with van der Waals surface area (Å²) in [6.45, 7) is 8.14. The van der Waals surface area contributed by atoms with Gasteiger partial charge in [0.2, 0.25) is 0 Å². The van der Waals surface area contributed by atoms with Crippen molar-refractivity contribution in [2.75, 3.05) is 5.73 Å². The van der Waals surface area contributed by atoms with Crippen LogP contribution in [-0.2, 0) is 9.31 Å². The highest BCUT2D eigenvalue weighted by Gasteiger charge is 2.52. The van der Waals surface area contributed by atoms with E-state index in [1.165, 1.54) is 11.3 Å². The van der Waals surface area contributed by atoms with Crippen molar-refractivity contribution in [3.8, 4) is 0 Å². The average molecular weight is 227 g/mol. The Morgan fingerprint density at radius 3 is 2.20 bits per heavy atom. The molecule has 0 bridgehead atoms. The third kappa shape index (κ3) is 1.77. The molecule has 82 valence electrons. The molecule has 1 aromatic heterocycles. The minimum atomic E-state index is -0.312. The van der Waals surface area contributed by atoms with Crippen molar-refractivity contribution in [3.05, 3.63) is 6.20 Å². The van der Waals surface area contributed by atoms with Gasteiger partial charge in [-0.2, -0.15) is 0 Å². The predicted molar refractivity (Wildman–Crippen MR) is 61.0 cm³/mol. The molecule has 15 heavy (non-hydrogen) atoms. The fraction of sp³-hybridized carbons (Fsp3) is 0.667. The molecular weight excluding hydrogens is 211 g/mol. The lowest BCUT2D eigenvalue weighted by molar-refractivity contribution is -0.353. The van der Waals surface area contributed by atoms with Crippen LogP contribution in [0.2, 0.25) is 0 Å². The highest BCUT2D eigenvalue weighted by Crippen LogP contribution is 2.36. The Bertz CT molecular complexity index is 362. The smallest absolute Gasteiger partial charge is 0.399 e. The van der Waals surface area contributed by atoms with E-state index >= 15 is 0 Å². The Balaban J connectivity index is 2.23. The van der Waals surface area contributed by atoms with Crippen LogP contribution in [-0.4, -0.2) is 18.3 Å². The van der Waals surface area contributed by atoms with Crippen LogP contribution < -0.4 is 15.5 Å². The first kappa shape index (κ1) is 10.9. The third-order valence-corrected chi connectivity index (χ3v) is 3.95. The second-order valence-corrected chi connectivity index (χ2v) is 5.86. The highest BCUT2D eigenvalue weighted by molar-refractivity contribution is 7.24. The zero-order chi connectivity index (χ0) is 11.3. The number of thiazole rings is 1. The number of anilines is 1. The van der Waals surface area contributed by atoms with E-state index in [9.17, 15) is 0 Å². The maximum Gasteiger partial charge on any atom is 0.509 e. The topological polar surface area (TPSA) is 58.6 Å². The molecule has 4 nitrogen and oxygen atoms in total. The number of aromatic nitrogens is 1. The molecule has 0 saturated carbocycles. The summed E-state index contributed by atoms with van der Waals surface area (Å²) in [7, 11) is -0.312. The summed E-state index contributed by atoms with van der Waals surface area (Å²) >= 11 is 1.46. The summed E-state index contributed by atoms with van der Waals surface area (Å²) in [5, 5.41) is 0.666. The Morgan fingerprint density at radius 1 is 1.27 bits per heavy atom. The number of nitrogens with one attached hydrogen (secondary N) is 1. The quantitative estimate of drug-likeness (QED) is 0.708. The second-order valence-electron chi connectivity index (χ2n) is 4.75. The van der Waals surface area contributed by atoms with E-state index in [-0.39, 0.29) is 18.3 Å². The molecule has 2 heterocycles. The number of aromatic amines is 1. The summed E-state index contributed by atoms with van der Waals surface area (Å²) in [6.07, 6.45) is 1.84. The zero-order valence-electron chi connectivity index (χ0n) is 9.46. The fourth-order valence-corrected chi connectivity index (χ4v) is 2.09. The average Bonchev–Trinajstić information content (AvgIpc) is 2.56. The molecule has 2 rings (SSSR count). The molecule has 1 aromatic rings. The zero-order valence-corrected chi connectivity index (χ0v) is 10.3. The predicted octanol–water partition coefficient (Wildman–Crippen LogP) is 0.444. The lowest BCUT2D eigenvalue weighted by atomic mass is 9.89. The third-order valence-electron chi connectivity index (χ3n) is 3.07. The maximum atomic E-state index is 5.88. The van der Waals surface area contributed by atoms with Gasteiger partial charge in [-0.3, -0.25) is 5.73 Å². The van der Waals surface area contributed by atoms with Crippen molar-refractivity contribution in [1.82, 2.24) is 0 Å². The molecule has 6 heteroatoms. The molecule has 0 radical (unpaired) electrons. The van der Waals surface area contributed by atoms with Crippen molar-refractivity contribution in [2.24, 2.45) is 0 Å². The van der Waals surface area contributed by atoms with Gasteiger partial charge in [0.25, 0.3) is 0 Å². The fourth-order valence-electron chi connectivity index (χ4n) is 1.40. The van der Waals surface area contributed by atoms with Gasteiger partial charge in [0.05, 0.1) is 22.2 Å². The lowest BCUT2D eigenvalue weighted by Gasteiger charge is -2.32. The Kier molecular flexibility index (Phi) is 2.33.